The summed E-state index contributed by atoms with van der Waals surface area (Å²) in [6.07, 6.45) is 6.89. The Balaban J connectivity index is 2.10. The van der Waals surface area contributed by atoms with E-state index in [0.29, 0.717) is 5.16 Å². The lowest BCUT2D eigenvalue weighted by atomic mass is 10.4. The molecule has 5 heteroatoms. The van der Waals surface area contributed by atoms with Crippen molar-refractivity contribution in [1.82, 2.24) is 20.6 Å². The first-order valence-corrected chi connectivity index (χ1v) is 4.22. The Labute approximate surface area is 69.2 Å². The highest BCUT2D eigenvalue weighted by atomic mass is 32.2. The number of terminal acetylenes is 1. The molecule has 0 aliphatic heterocycles. The van der Waals surface area contributed by atoms with Crippen LogP contribution in [0.3, 0.4) is 0 Å². The minimum Gasteiger partial charge on any atom is -0.176 e. The Morgan fingerprint density at radius 3 is 3.18 bits per heavy atom. The molecule has 0 aliphatic carbocycles. The lowest BCUT2D eigenvalue weighted by Crippen LogP contribution is -1.80. The van der Waals surface area contributed by atoms with Gasteiger partial charge in [0, 0.05) is 12.2 Å². The number of unbranched alkanes of at least 4 members (excludes halogenated alkanes) is 1. The number of aromatic nitrogens is 4. The molecule has 4 nitrogen and oxygen atoms in total. The van der Waals surface area contributed by atoms with E-state index < -0.39 is 0 Å². The maximum atomic E-state index is 5.08. The third kappa shape index (κ3) is 3.05. The molecule has 0 spiro atoms. The van der Waals surface area contributed by atoms with Crippen LogP contribution in [0.2, 0.25) is 0 Å². The SMILES string of the molecule is C#CCCCSc1nn[nH]n1. The Morgan fingerprint density at radius 1 is 1.64 bits per heavy atom. The Hall–Kier alpha value is -1.02. The molecule has 0 aromatic carbocycles. The van der Waals surface area contributed by atoms with E-state index >= 15 is 0 Å². The zero-order valence-electron chi connectivity index (χ0n) is 5.95. The second-order valence-corrected chi connectivity index (χ2v) is 2.91. The molecule has 0 aliphatic rings. The van der Waals surface area contributed by atoms with Crippen molar-refractivity contribution >= 4 is 11.8 Å². The van der Waals surface area contributed by atoms with E-state index in [1.54, 1.807) is 11.8 Å². The lowest BCUT2D eigenvalue weighted by molar-refractivity contribution is 0.881. The second kappa shape index (κ2) is 4.74. The summed E-state index contributed by atoms with van der Waals surface area (Å²) in [5.41, 5.74) is 0. The van der Waals surface area contributed by atoms with Gasteiger partial charge in [-0.05, 0) is 11.6 Å². The Bertz CT molecular complexity index is 225. The molecular formula is C6H8N4S. The van der Waals surface area contributed by atoms with Gasteiger partial charge >= 0.3 is 0 Å². The van der Waals surface area contributed by atoms with E-state index in [1.165, 1.54) is 0 Å². The van der Waals surface area contributed by atoms with E-state index in [0.717, 1.165) is 18.6 Å². The van der Waals surface area contributed by atoms with Gasteiger partial charge in [0.15, 0.2) is 0 Å². The molecule has 0 amide bonds. The molecule has 1 N–H and O–H groups in total. The molecule has 0 atom stereocenters. The van der Waals surface area contributed by atoms with Gasteiger partial charge in [-0.1, -0.05) is 11.8 Å². The van der Waals surface area contributed by atoms with E-state index in [-0.39, 0.29) is 0 Å². The number of H-pyrrole nitrogens is 1. The fraction of sp³-hybridized carbons (Fsp3) is 0.500. The number of nitrogens with zero attached hydrogens (tertiary/aromatic N) is 3. The van der Waals surface area contributed by atoms with Gasteiger partial charge in [0.2, 0.25) is 5.16 Å². The topological polar surface area (TPSA) is 54.5 Å². The van der Waals surface area contributed by atoms with E-state index in [1.807, 2.05) is 0 Å². The summed E-state index contributed by atoms with van der Waals surface area (Å²) >= 11 is 1.56. The van der Waals surface area contributed by atoms with Gasteiger partial charge in [-0.2, -0.15) is 5.21 Å². The van der Waals surface area contributed by atoms with Gasteiger partial charge in [-0.3, -0.25) is 0 Å². The number of rotatable bonds is 4. The summed E-state index contributed by atoms with van der Waals surface area (Å²) in [6.45, 7) is 0. The van der Waals surface area contributed by atoms with Crippen LogP contribution in [0.4, 0.5) is 0 Å². The predicted octanol–water partition coefficient (Wildman–Crippen LogP) is 0.705. The van der Waals surface area contributed by atoms with Gasteiger partial charge < -0.3 is 0 Å². The average molecular weight is 168 g/mol. The number of tetrazole rings is 1. The van der Waals surface area contributed by atoms with Crippen LogP contribution in [0.15, 0.2) is 5.16 Å². The molecule has 0 bridgehead atoms. The average Bonchev–Trinajstić information content (AvgIpc) is 2.50. The molecule has 1 rings (SSSR count). The molecule has 0 radical (unpaired) electrons. The van der Waals surface area contributed by atoms with Crippen molar-refractivity contribution in [2.24, 2.45) is 0 Å². The fourth-order valence-corrected chi connectivity index (χ4v) is 1.23. The molecule has 58 valence electrons. The number of aromatic amines is 1. The van der Waals surface area contributed by atoms with Crippen LogP contribution < -0.4 is 0 Å². The maximum absolute atomic E-state index is 5.08. The smallest absolute Gasteiger partial charge is 0.176 e. The first kappa shape index (κ1) is 8.08. The minimum absolute atomic E-state index is 0.682. The molecule has 1 heterocycles. The molecule has 0 saturated carbocycles. The van der Waals surface area contributed by atoms with Crippen LogP contribution in [0.1, 0.15) is 12.8 Å². The second-order valence-electron chi connectivity index (χ2n) is 1.85. The van der Waals surface area contributed by atoms with Crippen LogP contribution in [0.5, 0.6) is 0 Å². The third-order valence-corrected chi connectivity index (χ3v) is 1.95. The highest BCUT2D eigenvalue weighted by Crippen LogP contribution is 2.11. The number of hydrogen-bond donors (Lipinski definition) is 1. The third-order valence-electron chi connectivity index (χ3n) is 1.02. The van der Waals surface area contributed by atoms with E-state index in [2.05, 4.69) is 26.5 Å². The van der Waals surface area contributed by atoms with Crippen molar-refractivity contribution in [3.8, 4) is 12.3 Å². The highest BCUT2D eigenvalue weighted by molar-refractivity contribution is 7.99. The van der Waals surface area contributed by atoms with Gasteiger partial charge in [0.25, 0.3) is 0 Å². The summed E-state index contributed by atoms with van der Waals surface area (Å²) in [7, 11) is 0. The number of hydrogen-bond acceptors (Lipinski definition) is 4. The van der Waals surface area contributed by atoms with Crippen molar-refractivity contribution in [2.75, 3.05) is 5.75 Å². The van der Waals surface area contributed by atoms with Gasteiger partial charge in [-0.25, -0.2) is 0 Å². The Kier molecular flexibility index (Phi) is 3.48. The molecule has 11 heavy (non-hydrogen) atoms. The van der Waals surface area contributed by atoms with Crippen LogP contribution >= 0.6 is 11.8 Å². The summed E-state index contributed by atoms with van der Waals surface area (Å²) in [6, 6.07) is 0. The van der Waals surface area contributed by atoms with Crippen molar-refractivity contribution < 1.29 is 0 Å². The van der Waals surface area contributed by atoms with Crippen molar-refractivity contribution in [3.05, 3.63) is 0 Å². The molecule has 0 unspecified atom stereocenters. The molecule has 0 fully saturated rings. The summed E-state index contributed by atoms with van der Waals surface area (Å²) in [5, 5.41) is 14.0. The number of nitrogens with one attached hydrogen (secondary N) is 1. The summed E-state index contributed by atoms with van der Waals surface area (Å²) < 4.78 is 0. The zero-order valence-corrected chi connectivity index (χ0v) is 6.77. The number of thioether (sulfide) groups is 1. The van der Waals surface area contributed by atoms with Crippen molar-refractivity contribution in [1.29, 1.82) is 0 Å². The van der Waals surface area contributed by atoms with E-state index in [9.17, 15) is 0 Å². The largest absolute Gasteiger partial charge is 0.230 e. The van der Waals surface area contributed by atoms with Crippen molar-refractivity contribution in [2.45, 2.75) is 18.0 Å². The first-order valence-electron chi connectivity index (χ1n) is 3.23. The van der Waals surface area contributed by atoms with Gasteiger partial charge in [0.1, 0.15) is 0 Å². The molecule has 1 aromatic heterocycles. The zero-order chi connectivity index (χ0) is 7.94. The molecule has 1 aromatic rings. The van der Waals surface area contributed by atoms with Crippen LogP contribution in [0, 0.1) is 12.3 Å². The molecule has 0 saturated heterocycles. The van der Waals surface area contributed by atoms with Crippen LogP contribution in [-0.2, 0) is 0 Å². The quantitative estimate of drug-likeness (QED) is 0.408. The van der Waals surface area contributed by atoms with Crippen molar-refractivity contribution in [3.63, 3.8) is 0 Å². The van der Waals surface area contributed by atoms with Gasteiger partial charge in [-0.15, -0.1) is 22.5 Å². The summed E-state index contributed by atoms with van der Waals surface area (Å²) in [5.74, 6) is 3.52. The molecular weight excluding hydrogens is 160 g/mol. The monoisotopic (exact) mass is 168 g/mol. The summed E-state index contributed by atoms with van der Waals surface area (Å²) in [4.78, 5) is 0. The lowest BCUT2D eigenvalue weighted by Gasteiger charge is -1.90. The predicted molar refractivity (Wildman–Crippen MR) is 43.0 cm³/mol. The first-order chi connectivity index (χ1) is 5.43. The highest BCUT2D eigenvalue weighted by Gasteiger charge is 1.96. The normalized spacial score (nSPS) is 9.36. The van der Waals surface area contributed by atoms with Gasteiger partial charge in [0.05, 0.1) is 0 Å². The minimum atomic E-state index is 0.682. The van der Waals surface area contributed by atoms with Crippen LogP contribution in [0.25, 0.3) is 0 Å². The van der Waals surface area contributed by atoms with E-state index in [4.69, 9.17) is 6.42 Å². The maximum Gasteiger partial charge on any atom is 0.230 e. The standard InChI is InChI=1S/C6H8N4S/c1-2-3-4-5-11-6-7-9-10-8-6/h1H,3-5H2,(H,7,8,9,10). The Morgan fingerprint density at radius 2 is 2.55 bits per heavy atom. The van der Waals surface area contributed by atoms with Crippen LogP contribution in [-0.4, -0.2) is 26.4 Å². The fourth-order valence-electron chi connectivity index (χ4n) is 0.551.